The van der Waals surface area contributed by atoms with Crippen LogP contribution in [-0.2, 0) is 13.5 Å². The molecule has 0 bridgehead atoms. The molecule has 3 rings (SSSR count). The fraction of sp³-hybridized carbons (Fsp3) is 0.800. The van der Waals surface area contributed by atoms with Crippen molar-refractivity contribution in [3.05, 3.63) is 18.0 Å². The fourth-order valence-corrected chi connectivity index (χ4v) is 4.10. The average Bonchev–Trinajstić information content (AvgIpc) is 2.96. The van der Waals surface area contributed by atoms with Crippen LogP contribution in [0.15, 0.2) is 12.4 Å². The van der Waals surface area contributed by atoms with Crippen molar-refractivity contribution < 1.29 is 0 Å². The van der Waals surface area contributed by atoms with Crippen LogP contribution >= 0.6 is 0 Å². The molecular formula is C15H25N3. The van der Waals surface area contributed by atoms with Gasteiger partial charge in [0.15, 0.2) is 0 Å². The highest BCUT2D eigenvalue weighted by Gasteiger charge is 2.53. The van der Waals surface area contributed by atoms with Gasteiger partial charge >= 0.3 is 0 Å². The highest BCUT2D eigenvalue weighted by Crippen LogP contribution is 2.57. The van der Waals surface area contributed by atoms with E-state index < -0.39 is 0 Å². The van der Waals surface area contributed by atoms with Crippen molar-refractivity contribution >= 4 is 0 Å². The minimum Gasteiger partial charge on any atom is -0.317 e. The predicted octanol–water partition coefficient (Wildman–Crippen LogP) is 2.38. The summed E-state index contributed by atoms with van der Waals surface area (Å²) in [6.07, 6.45) is 12.5. The molecule has 2 aliphatic rings. The molecule has 1 N–H and O–H groups in total. The summed E-state index contributed by atoms with van der Waals surface area (Å²) in [6, 6.07) is 0.721. The van der Waals surface area contributed by atoms with Crippen molar-refractivity contribution in [2.24, 2.45) is 24.8 Å². The zero-order valence-corrected chi connectivity index (χ0v) is 11.6. The lowest BCUT2D eigenvalue weighted by atomic mass is 10.0. The Hall–Kier alpha value is -0.830. The molecule has 1 aromatic heterocycles. The minimum absolute atomic E-state index is 0.721. The zero-order valence-electron chi connectivity index (χ0n) is 11.6. The van der Waals surface area contributed by atoms with Crippen LogP contribution in [0.25, 0.3) is 0 Å². The molecule has 0 amide bonds. The summed E-state index contributed by atoms with van der Waals surface area (Å²) in [7, 11) is 4.13. The van der Waals surface area contributed by atoms with Gasteiger partial charge < -0.3 is 5.32 Å². The van der Waals surface area contributed by atoms with Crippen LogP contribution in [-0.4, -0.2) is 22.9 Å². The maximum absolute atomic E-state index is 4.25. The highest BCUT2D eigenvalue weighted by atomic mass is 15.2. The van der Waals surface area contributed by atoms with Crippen LogP contribution in [0.3, 0.4) is 0 Å². The molecule has 0 radical (unpaired) electrons. The third kappa shape index (κ3) is 2.33. The van der Waals surface area contributed by atoms with Gasteiger partial charge in [-0.25, -0.2) is 0 Å². The fourth-order valence-electron chi connectivity index (χ4n) is 4.10. The van der Waals surface area contributed by atoms with Gasteiger partial charge in [-0.2, -0.15) is 5.10 Å². The Kier molecular flexibility index (Phi) is 3.42. The summed E-state index contributed by atoms with van der Waals surface area (Å²) in [5, 5.41) is 7.82. The Bertz CT molecular complexity index is 386. The molecule has 0 aromatic carbocycles. The maximum atomic E-state index is 4.25. The van der Waals surface area contributed by atoms with Gasteiger partial charge in [0.25, 0.3) is 0 Å². The summed E-state index contributed by atoms with van der Waals surface area (Å²) >= 11 is 0. The molecule has 3 nitrogen and oxygen atoms in total. The molecule has 100 valence electrons. The number of aryl methyl sites for hydroxylation is 2. The third-order valence-corrected chi connectivity index (χ3v) is 5.06. The number of fused-ring (bicyclic) bond motifs is 1. The Morgan fingerprint density at radius 2 is 2.11 bits per heavy atom. The molecule has 2 saturated carbocycles. The van der Waals surface area contributed by atoms with Crippen LogP contribution in [0.1, 0.15) is 37.7 Å². The standard InChI is InChI=1S/C15H25N3/c1-16-14(8-7-11-9-17-18(2)10-11)15-12-5-3-4-6-13(12)15/h9-10,12-16H,3-8H2,1-2H3. The Morgan fingerprint density at radius 3 is 2.67 bits per heavy atom. The lowest BCUT2D eigenvalue weighted by Crippen LogP contribution is -2.29. The van der Waals surface area contributed by atoms with Crippen LogP contribution in [0.4, 0.5) is 0 Å². The molecule has 1 heterocycles. The lowest BCUT2D eigenvalue weighted by molar-refractivity contribution is 0.435. The van der Waals surface area contributed by atoms with E-state index in [4.69, 9.17) is 0 Å². The number of hydrogen-bond acceptors (Lipinski definition) is 2. The van der Waals surface area contributed by atoms with Crippen molar-refractivity contribution in [2.75, 3.05) is 7.05 Å². The van der Waals surface area contributed by atoms with E-state index in [0.717, 1.165) is 30.2 Å². The van der Waals surface area contributed by atoms with Gasteiger partial charge in [0.05, 0.1) is 6.20 Å². The molecule has 0 spiro atoms. The molecular weight excluding hydrogens is 222 g/mol. The molecule has 3 heteroatoms. The minimum atomic E-state index is 0.721. The van der Waals surface area contributed by atoms with Crippen LogP contribution in [0.2, 0.25) is 0 Å². The van der Waals surface area contributed by atoms with Gasteiger partial charge in [-0.1, -0.05) is 12.8 Å². The second-order valence-corrected chi connectivity index (χ2v) is 6.15. The number of hydrogen-bond donors (Lipinski definition) is 1. The molecule has 0 saturated heterocycles. The Labute approximate surface area is 110 Å². The van der Waals surface area contributed by atoms with Gasteiger partial charge in [-0.15, -0.1) is 0 Å². The molecule has 18 heavy (non-hydrogen) atoms. The van der Waals surface area contributed by atoms with Gasteiger partial charge in [0, 0.05) is 19.3 Å². The van der Waals surface area contributed by atoms with Gasteiger partial charge in [0.2, 0.25) is 0 Å². The van der Waals surface area contributed by atoms with Crippen molar-refractivity contribution in [1.29, 1.82) is 0 Å². The van der Waals surface area contributed by atoms with Gasteiger partial charge in [-0.05, 0) is 56.0 Å². The first-order valence-corrected chi connectivity index (χ1v) is 7.44. The Morgan fingerprint density at radius 1 is 1.39 bits per heavy atom. The summed E-state index contributed by atoms with van der Waals surface area (Å²) in [6.45, 7) is 0. The Balaban J connectivity index is 1.54. The lowest BCUT2D eigenvalue weighted by Gasteiger charge is -2.15. The van der Waals surface area contributed by atoms with Crippen LogP contribution < -0.4 is 5.32 Å². The van der Waals surface area contributed by atoms with Crippen molar-refractivity contribution in [3.63, 3.8) is 0 Å². The maximum Gasteiger partial charge on any atom is 0.0521 e. The monoisotopic (exact) mass is 247 g/mol. The van der Waals surface area contributed by atoms with Crippen molar-refractivity contribution in [2.45, 2.75) is 44.6 Å². The second-order valence-electron chi connectivity index (χ2n) is 6.15. The van der Waals surface area contributed by atoms with E-state index in [9.17, 15) is 0 Å². The molecule has 0 aliphatic heterocycles. The number of nitrogens with zero attached hydrogens (tertiary/aromatic N) is 2. The summed E-state index contributed by atoms with van der Waals surface area (Å²) in [4.78, 5) is 0. The van der Waals surface area contributed by atoms with Crippen molar-refractivity contribution in [1.82, 2.24) is 15.1 Å². The van der Waals surface area contributed by atoms with E-state index in [1.807, 2.05) is 17.9 Å². The summed E-state index contributed by atoms with van der Waals surface area (Å²) < 4.78 is 1.90. The quantitative estimate of drug-likeness (QED) is 0.866. The summed E-state index contributed by atoms with van der Waals surface area (Å²) in [5.41, 5.74) is 1.38. The average molecular weight is 247 g/mol. The first-order chi connectivity index (χ1) is 8.79. The number of rotatable bonds is 5. The molecule has 3 atom stereocenters. The molecule has 2 fully saturated rings. The summed E-state index contributed by atoms with van der Waals surface area (Å²) in [5.74, 6) is 3.06. The zero-order chi connectivity index (χ0) is 12.5. The molecule has 1 aromatic rings. The predicted molar refractivity (Wildman–Crippen MR) is 73.3 cm³/mol. The topological polar surface area (TPSA) is 29.9 Å². The third-order valence-electron chi connectivity index (χ3n) is 5.06. The van der Waals surface area contributed by atoms with Gasteiger partial charge in [0.1, 0.15) is 0 Å². The van der Waals surface area contributed by atoms with Crippen LogP contribution in [0.5, 0.6) is 0 Å². The van der Waals surface area contributed by atoms with E-state index in [-0.39, 0.29) is 0 Å². The van der Waals surface area contributed by atoms with E-state index in [0.29, 0.717) is 0 Å². The first-order valence-electron chi connectivity index (χ1n) is 7.44. The van der Waals surface area contributed by atoms with E-state index in [1.165, 1.54) is 37.7 Å². The first kappa shape index (κ1) is 12.2. The normalized spacial score (nSPS) is 32.0. The van der Waals surface area contributed by atoms with E-state index in [2.05, 4.69) is 23.7 Å². The SMILES string of the molecule is CNC(CCc1cnn(C)c1)C1C2CCCCC21. The highest BCUT2D eigenvalue weighted by molar-refractivity contribution is 5.08. The van der Waals surface area contributed by atoms with Crippen molar-refractivity contribution in [3.8, 4) is 0 Å². The largest absolute Gasteiger partial charge is 0.317 e. The molecule has 3 unspecified atom stereocenters. The van der Waals surface area contributed by atoms with E-state index in [1.54, 1.807) is 0 Å². The molecule has 2 aliphatic carbocycles. The number of aromatic nitrogens is 2. The smallest absolute Gasteiger partial charge is 0.0521 e. The van der Waals surface area contributed by atoms with E-state index >= 15 is 0 Å². The number of nitrogens with one attached hydrogen (secondary N) is 1. The van der Waals surface area contributed by atoms with Gasteiger partial charge in [-0.3, -0.25) is 4.68 Å². The van der Waals surface area contributed by atoms with Crippen LogP contribution in [0, 0.1) is 17.8 Å². The second kappa shape index (κ2) is 5.04.